The van der Waals surface area contributed by atoms with E-state index in [1.807, 2.05) is 13.8 Å². The van der Waals surface area contributed by atoms with Crippen LogP contribution in [0.25, 0.3) is 0 Å². The van der Waals surface area contributed by atoms with Crippen LogP contribution in [0.15, 0.2) is 0 Å². The van der Waals surface area contributed by atoms with Gasteiger partial charge in [0.15, 0.2) is 0 Å². The van der Waals surface area contributed by atoms with Crippen molar-refractivity contribution in [3.63, 3.8) is 0 Å². The molecule has 0 aliphatic carbocycles. The molecule has 2 fully saturated rings. The van der Waals surface area contributed by atoms with Gasteiger partial charge in [-0.05, 0) is 40.5 Å². The Morgan fingerprint density at radius 2 is 1.74 bits per heavy atom. The maximum atomic E-state index is 12.3. The van der Waals surface area contributed by atoms with Crippen molar-refractivity contribution in [1.82, 2.24) is 15.3 Å². The predicted octanol–water partition coefficient (Wildman–Crippen LogP) is 1.29. The van der Waals surface area contributed by atoms with Crippen LogP contribution in [0.5, 0.6) is 0 Å². The molecule has 2 saturated heterocycles. The second-order valence-electron chi connectivity index (χ2n) is 6.12. The number of amides is 2. The number of hydrogen-bond donors (Lipinski definition) is 1. The number of likely N-dealkylation sites (tertiary alicyclic amines) is 1. The van der Waals surface area contributed by atoms with Crippen LogP contribution >= 0.6 is 0 Å². The molecular formula is C14H25N3O2. The molecule has 19 heavy (non-hydrogen) atoms. The maximum Gasteiger partial charge on any atom is 0.248 e. The molecule has 2 aliphatic rings. The second kappa shape index (κ2) is 5.59. The van der Waals surface area contributed by atoms with E-state index in [9.17, 15) is 9.59 Å². The van der Waals surface area contributed by atoms with Crippen LogP contribution in [0.1, 0.15) is 53.4 Å². The summed E-state index contributed by atoms with van der Waals surface area (Å²) in [5, 5.41) is 2.17. The molecule has 3 atom stereocenters. The number of hydrazine groups is 1. The van der Waals surface area contributed by atoms with Crippen molar-refractivity contribution in [1.29, 1.82) is 0 Å². The van der Waals surface area contributed by atoms with Crippen molar-refractivity contribution in [3.8, 4) is 0 Å². The Bertz CT molecular complexity index is 360. The molecule has 5 nitrogen and oxygen atoms in total. The molecule has 3 unspecified atom stereocenters. The van der Waals surface area contributed by atoms with Crippen molar-refractivity contribution in [3.05, 3.63) is 0 Å². The summed E-state index contributed by atoms with van der Waals surface area (Å²) in [4.78, 5) is 25.5. The van der Waals surface area contributed by atoms with Gasteiger partial charge in [0.25, 0.3) is 0 Å². The first-order valence-corrected chi connectivity index (χ1v) is 7.32. The second-order valence-corrected chi connectivity index (χ2v) is 6.12. The van der Waals surface area contributed by atoms with E-state index >= 15 is 0 Å². The van der Waals surface area contributed by atoms with Crippen LogP contribution in [0, 0.1) is 0 Å². The third kappa shape index (κ3) is 2.82. The largest absolute Gasteiger partial charge is 0.279 e. The van der Waals surface area contributed by atoms with Crippen molar-refractivity contribution in [2.75, 3.05) is 0 Å². The minimum atomic E-state index is -0.377. The standard InChI is InChI=1S/C14H25N3O2/c1-9(2)16-13(18)8-12(14(16)19)15-17-10(3)6-5-7-11(17)4/h9-12,15H,5-8H2,1-4H3. The van der Waals surface area contributed by atoms with Crippen LogP contribution in [0.4, 0.5) is 0 Å². The quantitative estimate of drug-likeness (QED) is 0.783. The highest BCUT2D eigenvalue weighted by molar-refractivity contribution is 6.05. The Morgan fingerprint density at radius 3 is 2.21 bits per heavy atom. The van der Waals surface area contributed by atoms with Crippen molar-refractivity contribution in [2.45, 2.75) is 77.5 Å². The van der Waals surface area contributed by atoms with Gasteiger partial charge in [0.2, 0.25) is 11.8 Å². The van der Waals surface area contributed by atoms with Crippen LogP contribution < -0.4 is 5.43 Å². The Hall–Kier alpha value is -0.940. The SMILES string of the molecule is CC(C)N1C(=O)CC(NN2C(C)CCCC2C)C1=O. The number of hydrogen-bond acceptors (Lipinski definition) is 4. The molecule has 0 aromatic heterocycles. The molecule has 0 bridgehead atoms. The van der Waals surface area contributed by atoms with Crippen molar-refractivity contribution >= 4 is 11.8 Å². The van der Waals surface area contributed by atoms with E-state index < -0.39 is 0 Å². The fourth-order valence-electron chi connectivity index (χ4n) is 3.15. The molecule has 0 saturated carbocycles. The summed E-state index contributed by atoms with van der Waals surface area (Å²) in [6, 6.07) is 0.403. The van der Waals surface area contributed by atoms with Gasteiger partial charge in [-0.15, -0.1) is 0 Å². The van der Waals surface area contributed by atoms with Crippen molar-refractivity contribution in [2.24, 2.45) is 0 Å². The van der Waals surface area contributed by atoms with Crippen LogP contribution in [0.2, 0.25) is 0 Å². The highest BCUT2D eigenvalue weighted by Gasteiger charge is 2.41. The molecule has 5 heteroatoms. The van der Waals surface area contributed by atoms with Crippen LogP contribution in [-0.2, 0) is 9.59 Å². The topological polar surface area (TPSA) is 52.7 Å². The number of nitrogens with zero attached hydrogens (tertiary/aromatic N) is 2. The van der Waals surface area contributed by atoms with Crippen LogP contribution in [0.3, 0.4) is 0 Å². The van der Waals surface area contributed by atoms with E-state index in [2.05, 4.69) is 24.3 Å². The van der Waals surface area contributed by atoms with Gasteiger partial charge in [-0.3, -0.25) is 14.5 Å². The lowest BCUT2D eigenvalue weighted by atomic mass is 9.99. The summed E-state index contributed by atoms with van der Waals surface area (Å²) in [5.74, 6) is -0.139. The molecule has 2 amide bonds. The third-order valence-corrected chi connectivity index (χ3v) is 4.20. The Morgan fingerprint density at radius 1 is 1.16 bits per heavy atom. The van der Waals surface area contributed by atoms with Crippen molar-refractivity contribution < 1.29 is 9.59 Å². The average Bonchev–Trinajstić information content (AvgIpc) is 2.59. The Balaban J connectivity index is 2.03. The molecule has 108 valence electrons. The molecule has 0 aromatic rings. The number of imide groups is 1. The first-order chi connectivity index (χ1) is 8.91. The Labute approximate surface area is 115 Å². The number of nitrogens with one attached hydrogen (secondary N) is 1. The first kappa shape index (κ1) is 14.5. The van der Waals surface area contributed by atoms with Gasteiger partial charge in [-0.2, -0.15) is 0 Å². The van der Waals surface area contributed by atoms with Gasteiger partial charge in [-0.25, -0.2) is 10.4 Å². The van der Waals surface area contributed by atoms with Gasteiger partial charge < -0.3 is 0 Å². The molecular weight excluding hydrogens is 242 g/mol. The molecule has 0 aromatic carbocycles. The summed E-state index contributed by atoms with van der Waals surface area (Å²) in [6.45, 7) is 8.10. The number of carbonyl (C=O) groups is 2. The number of carbonyl (C=O) groups excluding carboxylic acids is 2. The minimum Gasteiger partial charge on any atom is -0.279 e. The zero-order valence-electron chi connectivity index (χ0n) is 12.3. The highest BCUT2D eigenvalue weighted by atomic mass is 16.2. The Kier molecular flexibility index (Phi) is 4.26. The highest BCUT2D eigenvalue weighted by Crippen LogP contribution is 2.23. The molecule has 0 spiro atoms. The lowest BCUT2D eigenvalue weighted by Gasteiger charge is -2.40. The van der Waals surface area contributed by atoms with E-state index in [1.165, 1.54) is 11.3 Å². The summed E-state index contributed by atoms with van der Waals surface area (Å²) < 4.78 is 0. The van der Waals surface area contributed by atoms with Gasteiger partial charge in [0.05, 0.1) is 6.42 Å². The normalized spacial score (nSPS) is 33.5. The molecule has 0 radical (unpaired) electrons. The molecule has 1 N–H and O–H groups in total. The van der Waals surface area contributed by atoms with E-state index in [0.29, 0.717) is 12.1 Å². The first-order valence-electron chi connectivity index (χ1n) is 7.32. The van der Waals surface area contributed by atoms with E-state index in [4.69, 9.17) is 0 Å². The zero-order valence-corrected chi connectivity index (χ0v) is 12.3. The molecule has 2 heterocycles. The summed E-state index contributed by atoms with van der Waals surface area (Å²) in [7, 11) is 0. The third-order valence-electron chi connectivity index (χ3n) is 4.20. The lowest BCUT2D eigenvalue weighted by Crippen LogP contribution is -2.57. The fourth-order valence-corrected chi connectivity index (χ4v) is 3.15. The zero-order chi connectivity index (χ0) is 14.2. The smallest absolute Gasteiger partial charge is 0.248 e. The fraction of sp³-hybridized carbons (Fsp3) is 0.857. The number of rotatable bonds is 3. The van der Waals surface area contributed by atoms with E-state index in [1.54, 1.807) is 0 Å². The summed E-state index contributed by atoms with van der Waals surface area (Å²) in [5.41, 5.74) is 3.30. The van der Waals surface area contributed by atoms with Gasteiger partial charge >= 0.3 is 0 Å². The minimum absolute atomic E-state index is 0.0528. The molecule has 2 rings (SSSR count). The average molecular weight is 267 g/mol. The maximum absolute atomic E-state index is 12.3. The van der Waals surface area contributed by atoms with E-state index in [0.717, 1.165) is 12.8 Å². The van der Waals surface area contributed by atoms with Crippen LogP contribution in [-0.4, -0.2) is 45.9 Å². The molecule has 2 aliphatic heterocycles. The summed E-state index contributed by atoms with van der Waals surface area (Å²) >= 11 is 0. The van der Waals surface area contributed by atoms with Gasteiger partial charge in [0, 0.05) is 18.1 Å². The van der Waals surface area contributed by atoms with E-state index in [-0.39, 0.29) is 30.3 Å². The number of piperidine rings is 1. The summed E-state index contributed by atoms with van der Waals surface area (Å²) in [6.07, 6.45) is 3.79. The van der Waals surface area contributed by atoms with Gasteiger partial charge in [0.1, 0.15) is 6.04 Å². The lowest BCUT2D eigenvalue weighted by molar-refractivity contribution is -0.141. The van der Waals surface area contributed by atoms with Gasteiger partial charge in [-0.1, -0.05) is 6.42 Å². The monoisotopic (exact) mass is 267 g/mol. The predicted molar refractivity (Wildman–Crippen MR) is 73.1 cm³/mol.